The van der Waals surface area contributed by atoms with Crippen LogP contribution in [-0.2, 0) is 11.2 Å². The largest absolute Gasteiger partial charge is 0.353 e. The van der Waals surface area contributed by atoms with Crippen LogP contribution in [0.4, 0.5) is 0 Å². The van der Waals surface area contributed by atoms with Crippen LogP contribution in [0.15, 0.2) is 17.5 Å². The summed E-state index contributed by atoms with van der Waals surface area (Å²) in [5.74, 6) is 0.757. The molecule has 1 unspecified atom stereocenters. The highest BCUT2D eigenvalue weighted by molar-refractivity contribution is 7.09. The molecular formula is C13H20ClNOS. The second-order valence-corrected chi connectivity index (χ2v) is 5.49. The molecule has 0 saturated carbocycles. The lowest BCUT2D eigenvalue weighted by atomic mass is 10.1. The lowest BCUT2D eigenvalue weighted by molar-refractivity contribution is -0.121. The highest BCUT2D eigenvalue weighted by atomic mass is 35.5. The summed E-state index contributed by atoms with van der Waals surface area (Å²) >= 11 is 7.43. The zero-order chi connectivity index (χ0) is 12.5. The van der Waals surface area contributed by atoms with E-state index in [0.717, 1.165) is 25.7 Å². The predicted octanol–water partition coefficient (Wildman–Crippen LogP) is 3.59. The van der Waals surface area contributed by atoms with Crippen LogP contribution in [0.1, 0.15) is 37.5 Å². The molecule has 4 heteroatoms. The summed E-state index contributed by atoms with van der Waals surface area (Å²) in [6.07, 6.45) is 4.33. The molecule has 0 spiro atoms. The number of alkyl halides is 1. The zero-order valence-electron chi connectivity index (χ0n) is 10.2. The van der Waals surface area contributed by atoms with Gasteiger partial charge in [-0.1, -0.05) is 13.0 Å². The fraction of sp³-hybridized carbons (Fsp3) is 0.615. The van der Waals surface area contributed by atoms with Crippen LogP contribution in [0.25, 0.3) is 0 Å². The van der Waals surface area contributed by atoms with Crippen molar-refractivity contribution in [2.45, 2.75) is 45.1 Å². The fourth-order valence-corrected chi connectivity index (χ4v) is 2.70. The Balaban J connectivity index is 2.16. The van der Waals surface area contributed by atoms with Crippen LogP contribution < -0.4 is 5.32 Å². The molecule has 0 aromatic carbocycles. The Morgan fingerprint density at radius 2 is 2.41 bits per heavy atom. The number of thiophene rings is 1. The molecule has 0 aliphatic heterocycles. The van der Waals surface area contributed by atoms with Gasteiger partial charge < -0.3 is 5.32 Å². The first-order valence-corrected chi connectivity index (χ1v) is 7.55. The molecule has 1 rings (SSSR count). The number of amides is 1. The number of hydrogen-bond donors (Lipinski definition) is 1. The van der Waals surface area contributed by atoms with Gasteiger partial charge in [-0.2, -0.15) is 0 Å². The van der Waals surface area contributed by atoms with E-state index in [1.54, 1.807) is 11.3 Å². The highest BCUT2D eigenvalue weighted by Gasteiger charge is 2.09. The molecule has 0 fully saturated rings. The molecule has 0 radical (unpaired) electrons. The van der Waals surface area contributed by atoms with Crippen molar-refractivity contribution >= 4 is 28.8 Å². The zero-order valence-corrected chi connectivity index (χ0v) is 11.8. The molecule has 96 valence electrons. The van der Waals surface area contributed by atoms with Gasteiger partial charge in [0.25, 0.3) is 0 Å². The van der Waals surface area contributed by atoms with Gasteiger partial charge >= 0.3 is 0 Å². The van der Waals surface area contributed by atoms with E-state index in [0.29, 0.717) is 12.3 Å². The molecule has 1 aromatic heterocycles. The van der Waals surface area contributed by atoms with Gasteiger partial charge in [0.05, 0.1) is 0 Å². The lowest BCUT2D eigenvalue weighted by Crippen LogP contribution is -2.34. The fourth-order valence-electron chi connectivity index (χ4n) is 1.69. The topological polar surface area (TPSA) is 29.1 Å². The van der Waals surface area contributed by atoms with E-state index in [4.69, 9.17) is 11.6 Å². The molecule has 1 aromatic rings. The summed E-state index contributed by atoms with van der Waals surface area (Å²) in [5.41, 5.74) is 0. The van der Waals surface area contributed by atoms with Crippen LogP contribution in [0.3, 0.4) is 0 Å². The maximum Gasteiger partial charge on any atom is 0.220 e. The number of hydrogen-bond acceptors (Lipinski definition) is 2. The van der Waals surface area contributed by atoms with Crippen molar-refractivity contribution in [2.75, 3.05) is 5.88 Å². The van der Waals surface area contributed by atoms with Gasteiger partial charge in [0.1, 0.15) is 0 Å². The Bertz CT molecular complexity index is 313. The molecule has 2 nitrogen and oxygen atoms in total. The maximum absolute atomic E-state index is 11.7. The van der Waals surface area contributed by atoms with E-state index in [2.05, 4.69) is 23.7 Å². The number of carbonyl (C=O) groups excluding carboxylic acids is 1. The standard InChI is InChI=1S/C13H20ClNOS/c1-2-11(8-9-14)15-13(16)7-3-5-12-6-4-10-17-12/h4,6,10-11H,2-3,5,7-9H2,1H3,(H,15,16). The van der Waals surface area contributed by atoms with Gasteiger partial charge in [0.2, 0.25) is 5.91 Å². The molecule has 1 N–H and O–H groups in total. The Hall–Kier alpha value is -0.540. The summed E-state index contributed by atoms with van der Waals surface area (Å²) in [6.45, 7) is 2.07. The van der Waals surface area contributed by atoms with E-state index in [9.17, 15) is 4.79 Å². The van der Waals surface area contributed by atoms with Crippen LogP contribution in [0.5, 0.6) is 0 Å². The lowest BCUT2D eigenvalue weighted by Gasteiger charge is -2.15. The van der Waals surface area contributed by atoms with Gasteiger partial charge in [-0.25, -0.2) is 0 Å². The SMILES string of the molecule is CCC(CCCl)NC(=O)CCCc1cccs1. The second-order valence-electron chi connectivity index (χ2n) is 4.08. The number of aryl methyl sites for hydroxylation is 1. The van der Waals surface area contributed by atoms with Gasteiger partial charge in [-0.3, -0.25) is 4.79 Å². The van der Waals surface area contributed by atoms with Crippen LogP contribution in [-0.4, -0.2) is 17.8 Å². The summed E-state index contributed by atoms with van der Waals surface area (Å²) < 4.78 is 0. The monoisotopic (exact) mass is 273 g/mol. The summed E-state index contributed by atoms with van der Waals surface area (Å²) in [7, 11) is 0. The van der Waals surface area contributed by atoms with Crippen LogP contribution >= 0.6 is 22.9 Å². The molecule has 0 saturated heterocycles. The minimum atomic E-state index is 0.151. The third kappa shape index (κ3) is 6.08. The minimum absolute atomic E-state index is 0.151. The van der Waals surface area contributed by atoms with Gasteiger partial charge in [0.15, 0.2) is 0 Å². The highest BCUT2D eigenvalue weighted by Crippen LogP contribution is 2.12. The van der Waals surface area contributed by atoms with Crippen molar-refractivity contribution in [3.05, 3.63) is 22.4 Å². The van der Waals surface area contributed by atoms with Crippen molar-refractivity contribution in [3.8, 4) is 0 Å². The Labute approximate surface area is 112 Å². The van der Waals surface area contributed by atoms with E-state index < -0.39 is 0 Å². The number of halogens is 1. The first kappa shape index (κ1) is 14.5. The molecule has 0 bridgehead atoms. The summed E-state index contributed by atoms with van der Waals surface area (Å²) in [6, 6.07) is 4.40. The quantitative estimate of drug-likeness (QED) is 0.721. The van der Waals surface area contributed by atoms with Crippen molar-refractivity contribution in [2.24, 2.45) is 0 Å². The number of nitrogens with one attached hydrogen (secondary N) is 1. The second kappa shape index (κ2) is 8.54. The minimum Gasteiger partial charge on any atom is -0.353 e. The van der Waals surface area contributed by atoms with Crippen LogP contribution in [0, 0.1) is 0 Å². The average Bonchev–Trinajstić information content (AvgIpc) is 2.81. The Kier molecular flexibility index (Phi) is 7.29. The Morgan fingerprint density at radius 3 is 3.00 bits per heavy atom. The number of rotatable bonds is 8. The molecule has 0 aliphatic rings. The first-order valence-electron chi connectivity index (χ1n) is 6.14. The van der Waals surface area contributed by atoms with E-state index in [1.165, 1.54) is 4.88 Å². The molecule has 1 amide bonds. The maximum atomic E-state index is 11.7. The summed E-state index contributed by atoms with van der Waals surface area (Å²) in [4.78, 5) is 13.0. The van der Waals surface area contributed by atoms with E-state index in [1.807, 2.05) is 6.07 Å². The third-order valence-electron chi connectivity index (χ3n) is 2.72. The average molecular weight is 274 g/mol. The molecule has 0 aliphatic carbocycles. The van der Waals surface area contributed by atoms with Crippen molar-refractivity contribution < 1.29 is 4.79 Å². The number of carbonyl (C=O) groups is 1. The molecule has 1 heterocycles. The van der Waals surface area contributed by atoms with Gasteiger partial charge in [-0.05, 0) is 37.1 Å². The molecular weight excluding hydrogens is 254 g/mol. The van der Waals surface area contributed by atoms with Crippen molar-refractivity contribution in [1.82, 2.24) is 5.32 Å². The normalized spacial score (nSPS) is 12.4. The summed E-state index contributed by atoms with van der Waals surface area (Å²) in [5, 5.41) is 5.10. The van der Waals surface area contributed by atoms with E-state index in [-0.39, 0.29) is 11.9 Å². The third-order valence-corrected chi connectivity index (χ3v) is 3.88. The van der Waals surface area contributed by atoms with Gasteiger partial charge in [-0.15, -0.1) is 22.9 Å². The van der Waals surface area contributed by atoms with Crippen molar-refractivity contribution in [1.29, 1.82) is 0 Å². The molecule has 17 heavy (non-hydrogen) atoms. The smallest absolute Gasteiger partial charge is 0.220 e. The van der Waals surface area contributed by atoms with Crippen molar-refractivity contribution in [3.63, 3.8) is 0 Å². The predicted molar refractivity (Wildman–Crippen MR) is 74.8 cm³/mol. The van der Waals surface area contributed by atoms with Crippen LogP contribution in [0.2, 0.25) is 0 Å². The van der Waals surface area contributed by atoms with Gasteiger partial charge in [0, 0.05) is 23.2 Å². The first-order chi connectivity index (χ1) is 8.26. The molecule has 1 atom stereocenters. The van der Waals surface area contributed by atoms with E-state index >= 15 is 0 Å². The Morgan fingerprint density at radius 1 is 1.59 bits per heavy atom.